The van der Waals surface area contributed by atoms with E-state index in [1.807, 2.05) is 24.3 Å². The molecule has 174 valence electrons. The lowest BCUT2D eigenvalue weighted by molar-refractivity contribution is 0.0950. The number of carbonyl (C=O) groups is 1. The van der Waals surface area contributed by atoms with Gasteiger partial charge in [0.2, 0.25) is 0 Å². The maximum atomic E-state index is 12.8. The van der Waals surface area contributed by atoms with Crippen LogP contribution in [0.4, 0.5) is 5.82 Å². The third-order valence-corrected chi connectivity index (χ3v) is 7.00. The molecule has 1 N–H and O–H groups in total. The van der Waals surface area contributed by atoms with Gasteiger partial charge >= 0.3 is 0 Å². The average molecular weight is 456 g/mol. The van der Waals surface area contributed by atoms with Crippen LogP contribution in [-0.2, 0) is 11.8 Å². The summed E-state index contributed by atoms with van der Waals surface area (Å²) in [5.74, 6) is 2.08. The molecule has 5 rings (SSSR count). The zero-order chi connectivity index (χ0) is 23.7. The molecule has 2 aromatic carbocycles. The molecule has 0 atom stereocenters. The van der Waals surface area contributed by atoms with E-state index in [2.05, 4.69) is 53.4 Å². The van der Waals surface area contributed by atoms with Gasteiger partial charge in [-0.15, -0.1) is 5.10 Å². The standard InChI is InChI=1S/C28H29N3O3/c1-4-26(32)31-25-18-28(19-8-5-12-22(16-19)33-2,20-9-6-13-23(17-20)34-3)15-14-24(25)27(30-31)29-21-10-7-11-21/h4-6,8-9,12-17,21H,1,7,10-11,18H2,2-3H3,(H,29,30). The van der Waals surface area contributed by atoms with E-state index in [0.717, 1.165) is 52.5 Å². The van der Waals surface area contributed by atoms with Gasteiger partial charge in [-0.3, -0.25) is 4.79 Å². The van der Waals surface area contributed by atoms with Crippen LogP contribution in [0.15, 0.2) is 67.3 Å². The number of aromatic nitrogens is 2. The molecule has 0 saturated heterocycles. The fourth-order valence-electron chi connectivity index (χ4n) is 4.84. The number of methoxy groups -OCH3 is 2. The predicted molar refractivity (Wildman–Crippen MR) is 134 cm³/mol. The molecule has 1 saturated carbocycles. The molecule has 0 aliphatic heterocycles. The Balaban J connectivity index is 1.69. The highest BCUT2D eigenvalue weighted by Gasteiger charge is 2.39. The zero-order valence-electron chi connectivity index (χ0n) is 19.6. The lowest BCUT2D eigenvalue weighted by Gasteiger charge is -2.35. The number of fused-ring (bicyclic) bond motifs is 1. The number of hydrogen-bond donors (Lipinski definition) is 1. The minimum Gasteiger partial charge on any atom is -0.497 e. The van der Waals surface area contributed by atoms with E-state index in [1.165, 1.54) is 17.2 Å². The first-order chi connectivity index (χ1) is 16.6. The molecule has 34 heavy (non-hydrogen) atoms. The third kappa shape index (κ3) is 3.69. The third-order valence-electron chi connectivity index (χ3n) is 7.00. The Labute approximate surface area is 199 Å². The van der Waals surface area contributed by atoms with Crippen LogP contribution in [0, 0.1) is 0 Å². The monoisotopic (exact) mass is 455 g/mol. The van der Waals surface area contributed by atoms with Gasteiger partial charge in [0.25, 0.3) is 5.91 Å². The maximum absolute atomic E-state index is 12.8. The maximum Gasteiger partial charge on any atom is 0.270 e. The van der Waals surface area contributed by atoms with E-state index >= 15 is 0 Å². The fraction of sp³-hybridized carbons (Fsp3) is 0.286. The van der Waals surface area contributed by atoms with E-state index < -0.39 is 5.41 Å². The van der Waals surface area contributed by atoms with Crippen molar-refractivity contribution in [1.29, 1.82) is 0 Å². The highest BCUT2D eigenvalue weighted by Crippen LogP contribution is 2.45. The largest absolute Gasteiger partial charge is 0.497 e. The van der Waals surface area contributed by atoms with Crippen molar-refractivity contribution in [1.82, 2.24) is 9.78 Å². The Morgan fingerprint density at radius 2 is 1.76 bits per heavy atom. The molecule has 0 spiro atoms. The van der Waals surface area contributed by atoms with Crippen molar-refractivity contribution in [3.63, 3.8) is 0 Å². The second-order valence-electron chi connectivity index (χ2n) is 8.88. The van der Waals surface area contributed by atoms with Gasteiger partial charge in [0.05, 0.1) is 19.9 Å². The molecule has 6 heteroatoms. The Kier molecular flexibility index (Phi) is 5.74. The molecule has 6 nitrogen and oxygen atoms in total. The molecule has 1 heterocycles. The first-order valence-corrected chi connectivity index (χ1v) is 11.6. The van der Waals surface area contributed by atoms with Gasteiger partial charge in [-0.05, 0) is 60.7 Å². The van der Waals surface area contributed by atoms with Gasteiger partial charge in [-0.25, -0.2) is 0 Å². The molecule has 0 unspecified atom stereocenters. The molecule has 0 amide bonds. The first kappa shape index (κ1) is 22.0. The Morgan fingerprint density at radius 1 is 1.12 bits per heavy atom. The summed E-state index contributed by atoms with van der Waals surface area (Å²) in [6.45, 7) is 3.70. The number of benzene rings is 2. The van der Waals surface area contributed by atoms with E-state index in [9.17, 15) is 4.79 Å². The molecular weight excluding hydrogens is 426 g/mol. The number of anilines is 1. The molecular formula is C28H29N3O3. The van der Waals surface area contributed by atoms with E-state index in [0.29, 0.717) is 12.5 Å². The van der Waals surface area contributed by atoms with Gasteiger partial charge in [-0.1, -0.05) is 43.0 Å². The number of carbonyl (C=O) groups excluding carboxylic acids is 1. The second-order valence-corrected chi connectivity index (χ2v) is 8.88. The van der Waals surface area contributed by atoms with Crippen LogP contribution in [0.1, 0.15) is 46.4 Å². The average Bonchev–Trinajstić information content (AvgIpc) is 3.23. The van der Waals surface area contributed by atoms with Crippen molar-refractivity contribution in [2.24, 2.45) is 0 Å². The molecule has 1 aromatic heterocycles. The van der Waals surface area contributed by atoms with Gasteiger partial charge in [0.15, 0.2) is 5.82 Å². The highest BCUT2D eigenvalue weighted by atomic mass is 16.5. The summed E-state index contributed by atoms with van der Waals surface area (Å²) in [7, 11) is 3.34. The summed E-state index contributed by atoms with van der Waals surface area (Å²) < 4.78 is 12.6. The summed E-state index contributed by atoms with van der Waals surface area (Å²) in [6, 6.07) is 16.6. The zero-order valence-corrected chi connectivity index (χ0v) is 19.6. The first-order valence-electron chi connectivity index (χ1n) is 11.6. The van der Waals surface area contributed by atoms with Crippen LogP contribution in [-0.4, -0.2) is 35.9 Å². The van der Waals surface area contributed by atoms with Gasteiger partial charge in [-0.2, -0.15) is 4.68 Å². The van der Waals surface area contributed by atoms with Crippen LogP contribution in [0.25, 0.3) is 6.08 Å². The van der Waals surface area contributed by atoms with Crippen LogP contribution in [0.5, 0.6) is 11.5 Å². The normalized spacial score (nSPS) is 16.3. The number of nitrogens with one attached hydrogen (secondary N) is 1. The van der Waals surface area contributed by atoms with E-state index in [-0.39, 0.29) is 5.91 Å². The molecule has 3 aromatic rings. The molecule has 2 aliphatic rings. The summed E-state index contributed by atoms with van der Waals surface area (Å²) in [4.78, 5) is 12.8. The van der Waals surface area contributed by atoms with Gasteiger partial charge < -0.3 is 14.8 Å². The predicted octanol–water partition coefficient (Wildman–Crippen LogP) is 5.25. The summed E-state index contributed by atoms with van der Waals surface area (Å²) in [5, 5.41) is 8.23. The summed E-state index contributed by atoms with van der Waals surface area (Å²) in [6.07, 6.45) is 9.65. The molecule has 0 bridgehead atoms. The van der Waals surface area contributed by atoms with E-state index in [1.54, 1.807) is 14.2 Å². The number of nitrogens with zero attached hydrogens (tertiary/aromatic N) is 2. The molecule has 0 radical (unpaired) electrons. The minimum absolute atomic E-state index is 0.238. The van der Waals surface area contributed by atoms with Crippen molar-refractivity contribution in [2.45, 2.75) is 37.1 Å². The lowest BCUT2D eigenvalue weighted by Crippen LogP contribution is -2.32. The number of hydrogen-bond acceptors (Lipinski definition) is 5. The Hall–Kier alpha value is -3.80. The van der Waals surface area contributed by atoms with Crippen LogP contribution in [0.3, 0.4) is 0 Å². The van der Waals surface area contributed by atoms with Crippen LogP contribution >= 0.6 is 0 Å². The number of rotatable bonds is 7. The quantitative estimate of drug-likeness (QED) is 0.493. The fourth-order valence-corrected chi connectivity index (χ4v) is 4.84. The number of allylic oxidation sites excluding steroid dienone is 2. The van der Waals surface area contributed by atoms with Crippen molar-refractivity contribution in [2.75, 3.05) is 19.5 Å². The van der Waals surface area contributed by atoms with Crippen molar-refractivity contribution in [3.8, 4) is 11.5 Å². The van der Waals surface area contributed by atoms with Crippen LogP contribution < -0.4 is 14.8 Å². The van der Waals surface area contributed by atoms with E-state index in [4.69, 9.17) is 9.47 Å². The second kappa shape index (κ2) is 8.86. The van der Waals surface area contributed by atoms with Crippen molar-refractivity contribution in [3.05, 3.63) is 89.6 Å². The topological polar surface area (TPSA) is 65.4 Å². The highest BCUT2D eigenvalue weighted by molar-refractivity contribution is 5.91. The Bertz CT molecular complexity index is 1220. The van der Waals surface area contributed by atoms with Gasteiger partial charge in [0, 0.05) is 23.4 Å². The number of ether oxygens (including phenoxy) is 2. The summed E-state index contributed by atoms with van der Waals surface area (Å²) >= 11 is 0. The van der Waals surface area contributed by atoms with Crippen molar-refractivity contribution >= 4 is 17.8 Å². The molecule has 1 fully saturated rings. The lowest BCUT2D eigenvalue weighted by atomic mass is 9.68. The van der Waals surface area contributed by atoms with Crippen molar-refractivity contribution < 1.29 is 14.3 Å². The molecule has 2 aliphatic carbocycles. The Morgan fingerprint density at radius 3 is 2.29 bits per heavy atom. The SMILES string of the molecule is C=CC(=O)n1nc(NC2CCC2)c2c1CC(c1cccc(OC)c1)(c1cccc(OC)c1)C=C2. The van der Waals surface area contributed by atoms with Gasteiger partial charge in [0.1, 0.15) is 11.5 Å². The summed E-state index contributed by atoms with van der Waals surface area (Å²) in [5.41, 5.74) is 3.41. The van der Waals surface area contributed by atoms with Crippen LogP contribution in [0.2, 0.25) is 0 Å². The smallest absolute Gasteiger partial charge is 0.270 e. The minimum atomic E-state index is -0.539.